The molecule has 1 aliphatic heterocycles. The Balaban J connectivity index is 0.00000363. The van der Waals surface area contributed by atoms with E-state index in [2.05, 4.69) is 15.6 Å². The average molecular weight is 562 g/mol. The van der Waals surface area contributed by atoms with Crippen LogP contribution in [0.15, 0.2) is 35.3 Å². The first-order valence-electron chi connectivity index (χ1n) is 9.96. The van der Waals surface area contributed by atoms with Gasteiger partial charge in [0.05, 0.1) is 21.3 Å². The monoisotopic (exact) mass is 562 g/mol. The Morgan fingerprint density at radius 1 is 1.06 bits per heavy atom. The summed E-state index contributed by atoms with van der Waals surface area (Å²) in [6.45, 7) is 1.45. The Kier molecular flexibility index (Phi) is 9.60. The Hall–Kier alpha value is -2.50. The highest BCUT2D eigenvalue weighted by Gasteiger charge is 2.27. The third-order valence-corrected chi connectivity index (χ3v) is 5.24. The van der Waals surface area contributed by atoms with Crippen molar-refractivity contribution >= 4 is 35.6 Å². The van der Waals surface area contributed by atoms with Crippen molar-refractivity contribution in [3.63, 3.8) is 0 Å². The van der Waals surface area contributed by atoms with Crippen LogP contribution in [-0.2, 0) is 6.54 Å². The lowest BCUT2D eigenvalue weighted by atomic mass is 10.1. The standard InChI is InChI=1S/C22H28F2N4O3.HI/c1-25-22(26-12-14-8-9-18(29-2)21(31-4)20(14)30-3)27-15-10-11-28(13-15)19-16(23)6-5-7-17(19)24;/h5-9,15H,10-13H2,1-4H3,(H2,25,26,27);1H. The first-order valence-corrected chi connectivity index (χ1v) is 9.96. The molecule has 7 nitrogen and oxygen atoms in total. The van der Waals surface area contributed by atoms with E-state index in [1.54, 1.807) is 33.3 Å². The summed E-state index contributed by atoms with van der Waals surface area (Å²) in [6, 6.07) is 7.61. The highest BCUT2D eigenvalue weighted by atomic mass is 127. The van der Waals surface area contributed by atoms with Gasteiger partial charge in [-0.3, -0.25) is 4.99 Å². The van der Waals surface area contributed by atoms with Gasteiger partial charge in [0.25, 0.3) is 0 Å². The maximum absolute atomic E-state index is 14.1. The van der Waals surface area contributed by atoms with Crippen molar-refractivity contribution in [2.45, 2.75) is 19.0 Å². The van der Waals surface area contributed by atoms with Gasteiger partial charge < -0.3 is 29.7 Å². The van der Waals surface area contributed by atoms with E-state index >= 15 is 0 Å². The van der Waals surface area contributed by atoms with Crippen molar-refractivity contribution in [2.75, 3.05) is 46.4 Å². The van der Waals surface area contributed by atoms with E-state index in [-0.39, 0.29) is 35.7 Å². The van der Waals surface area contributed by atoms with E-state index in [0.29, 0.717) is 42.8 Å². The minimum Gasteiger partial charge on any atom is -0.493 e. The zero-order valence-electron chi connectivity index (χ0n) is 18.6. The highest BCUT2D eigenvalue weighted by molar-refractivity contribution is 14.0. The topological polar surface area (TPSA) is 67.4 Å². The van der Waals surface area contributed by atoms with Crippen LogP contribution in [0.2, 0.25) is 0 Å². The Bertz CT molecular complexity index is 925. The van der Waals surface area contributed by atoms with Gasteiger partial charge in [-0.1, -0.05) is 6.07 Å². The molecule has 0 aromatic heterocycles. The van der Waals surface area contributed by atoms with Crippen molar-refractivity contribution in [1.29, 1.82) is 0 Å². The zero-order valence-corrected chi connectivity index (χ0v) is 20.9. The van der Waals surface area contributed by atoms with Crippen LogP contribution in [0.25, 0.3) is 0 Å². The molecule has 3 rings (SSSR count). The molecule has 32 heavy (non-hydrogen) atoms. The number of aliphatic imine (C=N–C) groups is 1. The van der Waals surface area contributed by atoms with E-state index in [1.165, 1.54) is 18.2 Å². The molecule has 176 valence electrons. The summed E-state index contributed by atoms with van der Waals surface area (Å²) in [5.41, 5.74) is 0.884. The van der Waals surface area contributed by atoms with E-state index in [0.717, 1.165) is 12.0 Å². The quantitative estimate of drug-likeness (QED) is 0.306. The number of guanidine groups is 1. The smallest absolute Gasteiger partial charge is 0.203 e. The minimum atomic E-state index is -0.552. The summed E-state index contributed by atoms with van der Waals surface area (Å²) >= 11 is 0. The molecule has 1 unspecified atom stereocenters. The second-order valence-corrected chi connectivity index (χ2v) is 7.07. The molecule has 1 fully saturated rings. The number of anilines is 1. The van der Waals surface area contributed by atoms with E-state index in [4.69, 9.17) is 14.2 Å². The van der Waals surface area contributed by atoms with Gasteiger partial charge in [0.2, 0.25) is 5.75 Å². The summed E-state index contributed by atoms with van der Waals surface area (Å²) in [5, 5.41) is 6.57. The predicted molar refractivity (Wildman–Crippen MR) is 132 cm³/mol. The SMILES string of the molecule is CN=C(NCc1ccc(OC)c(OC)c1OC)NC1CCN(c2c(F)cccc2F)C1.I. The average Bonchev–Trinajstić information content (AvgIpc) is 3.23. The minimum absolute atomic E-state index is 0. The van der Waals surface area contributed by atoms with Crippen LogP contribution in [0.5, 0.6) is 17.2 Å². The fourth-order valence-electron chi connectivity index (χ4n) is 3.74. The second kappa shape index (κ2) is 11.9. The molecule has 2 N–H and O–H groups in total. The maximum Gasteiger partial charge on any atom is 0.203 e. The second-order valence-electron chi connectivity index (χ2n) is 7.07. The molecule has 2 aromatic carbocycles. The number of benzene rings is 2. The Morgan fingerprint density at radius 2 is 1.75 bits per heavy atom. The van der Waals surface area contributed by atoms with Crippen LogP contribution in [0.3, 0.4) is 0 Å². The van der Waals surface area contributed by atoms with Crippen LogP contribution in [0.1, 0.15) is 12.0 Å². The molecule has 0 amide bonds. The van der Waals surface area contributed by atoms with Gasteiger partial charge in [-0.05, 0) is 30.7 Å². The largest absolute Gasteiger partial charge is 0.493 e. The van der Waals surface area contributed by atoms with Crippen molar-refractivity contribution in [3.05, 3.63) is 47.5 Å². The van der Waals surface area contributed by atoms with Crippen LogP contribution >= 0.6 is 24.0 Å². The number of halogens is 3. The number of rotatable bonds is 7. The maximum atomic E-state index is 14.1. The fraction of sp³-hybridized carbons (Fsp3) is 0.409. The molecule has 0 spiro atoms. The van der Waals surface area contributed by atoms with Gasteiger partial charge in [0.15, 0.2) is 17.5 Å². The molecule has 1 heterocycles. The van der Waals surface area contributed by atoms with Crippen LogP contribution in [0.4, 0.5) is 14.5 Å². The Labute approximate surface area is 204 Å². The lowest BCUT2D eigenvalue weighted by Crippen LogP contribution is -2.44. The molecule has 1 saturated heterocycles. The van der Waals surface area contributed by atoms with Crippen LogP contribution in [-0.4, -0.2) is 53.5 Å². The highest BCUT2D eigenvalue weighted by Crippen LogP contribution is 2.39. The molecule has 0 radical (unpaired) electrons. The summed E-state index contributed by atoms with van der Waals surface area (Å²) in [6.07, 6.45) is 0.730. The van der Waals surface area contributed by atoms with Gasteiger partial charge in [-0.2, -0.15) is 0 Å². The molecular formula is C22H29F2IN4O3. The molecule has 0 bridgehead atoms. The summed E-state index contributed by atoms with van der Waals surface area (Å²) in [5.74, 6) is 1.15. The number of nitrogens with one attached hydrogen (secondary N) is 2. The van der Waals surface area contributed by atoms with Gasteiger partial charge in [-0.25, -0.2) is 8.78 Å². The summed E-state index contributed by atoms with van der Waals surface area (Å²) < 4.78 is 44.4. The predicted octanol–water partition coefficient (Wildman–Crippen LogP) is 3.55. The zero-order chi connectivity index (χ0) is 22.4. The third-order valence-electron chi connectivity index (χ3n) is 5.24. The molecular weight excluding hydrogens is 533 g/mol. The molecule has 10 heteroatoms. The number of nitrogens with zero attached hydrogens (tertiary/aromatic N) is 2. The molecule has 0 aliphatic carbocycles. The van der Waals surface area contributed by atoms with Gasteiger partial charge in [0, 0.05) is 38.3 Å². The van der Waals surface area contributed by atoms with Gasteiger partial charge >= 0.3 is 0 Å². The van der Waals surface area contributed by atoms with Gasteiger partial charge in [-0.15, -0.1) is 24.0 Å². The first kappa shape index (κ1) is 25.8. The van der Waals surface area contributed by atoms with Crippen LogP contribution in [0, 0.1) is 11.6 Å². The summed E-state index contributed by atoms with van der Waals surface area (Å²) in [4.78, 5) is 5.98. The van der Waals surface area contributed by atoms with Crippen molar-refractivity contribution in [1.82, 2.24) is 10.6 Å². The van der Waals surface area contributed by atoms with Crippen molar-refractivity contribution in [3.8, 4) is 17.2 Å². The first-order chi connectivity index (χ1) is 15.0. The molecule has 0 saturated carbocycles. The number of methoxy groups -OCH3 is 3. The molecule has 2 aromatic rings. The molecule has 1 aliphatic rings. The lowest BCUT2D eigenvalue weighted by Gasteiger charge is -2.21. The van der Waals surface area contributed by atoms with Crippen molar-refractivity contribution < 1.29 is 23.0 Å². The fourth-order valence-corrected chi connectivity index (χ4v) is 3.74. The van der Waals surface area contributed by atoms with Crippen molar-refractivity contribution in [2.24, 2.45) is 4.99 Å². The number of ether oxygens (including phenoxy) is 3. The number of para-hydroxylation sites is 1. The number of hydrogen-bond donors (Lipinski definition) is 2. The van der Waals surface area contributed by atoms with Crippen LogP contribution < -0.4 is 29.7 Å². The molecule has 1 atom stereocenters. The number of hydrogen-bond acceptors (Lipinski definition) is 5. The van der Waals surface area contributed by atoms with E-state index < -0.39 is 11.6 Å². The normalized spacial score (nSPS) is 15.8. The van der Waals surface area contributed by atoms with Gasteiger partial charge in [0.1, 0.15) is 17.3 Å². The third kappa shape index (κ3) is 5.64. The Morgan fingerprint density at radius 3 is 2.34 bits per heavy atom. The van der Waals surface area contributed by atoms with E-state index in [1.807, 2.05) is 12.1 Å². The lowest BCUT2D eigenvalue weighted by molar-refractivity contribution is 0.322. The summed E-state index contributed by atoms with van der Waals surface area (Å²) in [7, 11) is 6.37. The van der Waals surface area contributed by atoms with E-state index in [9.17, 15) is 8.78 Å².